The molecule has 0 amide bonds. The van der Waals surface area contributed by atoms with Crippen LogP contribution in [-0.4, -0.2) is 31.6 Å². The third-order valence-electron chi connectivity index (χ3n) is 3.69. The fourth-order valence-electron chi connectivity index (χ4n) is 2.68. The zero-order valence-corrected chi connectivity index (χ0v) is 12.1. The Labute approximate surface area is 124 Å². The van der Waals surface area contributed by atoms with Crippen molar-refractivity contribution in [3.63, 3.8) is 0 Å². The van der Waals surface area contributed by atoms with Crippen LogP contribution in [0.3, 0.4) is 0 Å². The van der Waals surface area contributed by atoms with E-state index in [1.165, 1.54) is 11.8 Å². The molecule has 0 N–H and O–H groups in total. The molecule has 106 valence electrons. The van der Waals surface area contributed by atoms with E-state index in [0.717, 1.165) is 11.5 Å². The number of nitrogens with zero attached hydrogens (tertiary/aromatic N) is 4. The summed E-state index contributed by atoms with van der Waals surface area (Å²) in [4.78, 5) is 21.2. The summed E-state index contributed by atoms with van der Waals surface area (Å²) >= 11 is 1.45. The van der Waals surface area contributed by atoms with E-state index < -0.39 is 0 Å². The Morgan fingerprint density at radius 2 is 2.29 bits per heavy atom. The topological polar surface area (TPSA) is 73.3 Å². The maximum absolute atomic E-state index is 12.4. The number of fused-ring (bicyclic) bond motifs is 2. The monoisotopic (exact) mass is 300 g/mol. The number of carbonyl (C=O) groups excluding carboxylic acids is 1. The normalized spacial score (nSPS) is 18.1. The molecule has 1 aliphatic carbocycles. The van der Waals surface area contributed by atoms with Gasteiger partial charge >= 0.3 is 0 Å². The molecule has 21 heavy (non-hydrogen) atoms. The maximum Gasteiger partial charge on any atom is 0.253 e. The van der Waals surface area contributed by atoms with Crippen molar-refractivity contribution < 1.29 is 9.21 Å². The number of rotatable bonds is 2. The van der Waals surface area contributed by atoms with E-state index in [2.05, 4.69) is 15.1 Å². The van der Waals surface area contributed by atoms with Gasteiger partial charge < -0.3 is 4.42 Å². The van der Waals surface area contributed by atoms with Gasteiger partial charge in [0.25, 0.3) is 5.78 Å². The van der Waals surface area contributed by atoms with Crippen LogP contribution in [0.15, 0.2) is 34.2 Å². The zero-order chi connectivity index (χ0) is 14.4. The smallest absolute Gasteiger partial charge is 0.253 e. The van der Waals surface area contributed by atoms with E-state index in [9.17, 15) is 4.79 Å². The van der Waals surface area contributed by atoms with Crippen LogP contribution >= 0.6 is 11.8 Å². The van der Waals surface area contributed by atoms with E-state index in [1.54, 1.807) is 17.0 Å². The van der Waals surface area contributed by atoms with E-state index in [4.69, 9.17) is 4.42 Å². The predicted molar refractivity (Wildman–Crippen MR) is 76.7 cm³/mol. The highest BCUT2D eigenvalue weighted by atomic mass is 32.2. The van der Waals surface area contributed by atoms with Crippen molar-refractivity contribution in [1.29, 1.82) is 0 Å². The Kier molecular flexibility index (Phi) is 2.81. The first-order valence-electron chi connectivity index (χ1n) is 6.61. The number of ketones is 1. The van der Waals surface area contributed by atoms with E-state index in [1.807, 2.05) is 18.4 Å². The SMILES string of the molecule is CSc1nc2nc3c(cn2n1)C(=O)C[C@@H](c1ccco1)C3. The number of Topliss-reactive ketones (excluding diaryl/α,β-unsaturated/α-hetero) is 1. The second-order valence-corrected chi connectivity index (χ2v) is 5.76. The first-order valence-corrected chi connectivity index (χ1v) is 7.84. The van der Waals surface area contributed by atoms with Crippen LogP contribution in [-0.2, 0) is 6.42 Å². The van der Waals surface area contributed by atoms with Gasteiger partial charge in [-0.1, -0.05) is 11.8 Å². The number of hydrogen-bond acceptors (Lipinski definition) is 6. The molecule has 1 atom stereocenters. The van der Waals surface area contributed by atoms with Crippen molar-refractivity contribution in [1.82, 2.24) is 19.6 Å². The maximum atomic E-state index is 12.4. The molecular formula is C14H12N4O2S. The van der Waals surface area contributed by atoms with Gasteiger partial charge in [0, 0.05) is 25.0 Å². The highest BCUT2D eigenvalue weighted by Gasteiger charge is 2.29. The minimum Gasteiger partial charge on any atom is -0.469 e. The van der Waals surface area contributed by atoms with Crippen LogP contribution in [0.4, 0.5) is 0 Å². The zero-order valence-electron chi connectivity index (χ0n) is 11.3. The van der Waals surface area contributed by atoms with Crippen molar-refractivity contribution in [2.45, 2.75) is 23.9 Å². The Morgan fingerprint density at radius 1 is 1.38 bits per heavy atom. The Bertz CT molecular complexity index is 825. The first-order chi connectivity index (χ1) is 10.2. The molecule has 1 aliphatic rings. The molecule has 0 bridgehead atoms. The Hall–Kier alpha value is -2.15. The van der Waals surface area contributed by atoms with E-state index in [-0.39, 0.29) is 11.7 Å². The van der Waals surface area contributed by atoms with Crippen molar-refractivity contribution in [2.24, 2.45) is 0 Å². The van der Waals surface area contributed by atoms with Crippen molar-refractivity contribution >= 4 is 23.3 Å². The number of hydrogen-bond donors (Lipinski definition) is 0. The molecule has 4 rings (SSSR count). The summed E-state index contributed by atoms with van der Waals surface area (Å²) in [7, 11) is 0. The highest BCUT2D eigenvalue weighted by Crippen LogP contribution is 2.32. The molecule has 0 aromatic carbocycles. The Morgan fingerprint density at radius 3 is 3.05 bits per heavy atom. The minimum absolute atomic E-state index is 0.0536. The molecule has 0 spiro atoms. The quantitative estimate of drug-likeness (QED) is 0.676. The molecule has 3 aromatic heterocycles. The summed E-state index contributed by atoms with van der Waals surface area (Å²) in [5, 5.41) is 4.93. The largest absolute Gasteiger partial charge is 0.469 e. The predicted octanol–water partition coefficient (Wildman–Crippen LogP) is 2.35. The van der Waals surface area contributed by atoms with Gasteiger partial charge in [0.2, 0.25) is 5.16 Å². The van der Waals surface area contributed by atoms with Crippen LogP contribution in [0.5, 0.6) is 0 Å². The van der Waals surface area contributed by atoms with Crippen LogP contribution in [0.25, 0.3) is 5.78 Å². The molecular weight excluding hydrogens is 288 g/mol. The van der Waals surface area contributed by atoms with Gasteiger partial charge in [0.05, 0.1) is 17.5 Å². The third kappa shape index (κ3) is 2.04. The van der Waals surface area contributed by atoms with E-state index in [0.29, 0.717) is 29.3 Å². The van der Waals surface area contributed by atoms with Gasteiger partial charge in [-0.3, -0.25) is 4.79 Å². The minimum atomic E-state index is 0.0536. The summed E-state index contributed by atoms with van der Waals surface area (Å²) in [5.41, 5.74) is 1.42. The average molecular weight is 300 g/mol. The van der Waals surface area contributed by atoms with Crippen LogP contribution in [0.2, 0.25) is 0 Å². The van der Waals surface area contributed by atoms with Crippen molar-refractivity contribution in [3.05, 3.63) is 41.6 Å². The molecule has 3 heterocycles. The highest BCUT2D eigenvalue weighted by molar-refractivity contribution is 7.98. The molecule has 0 saturated carbocycles. The summed E-state index contributed by atoms with van der Waals surface area (Å²) < 4.78 is 7.01. The van der Waals surface area contributed by atoms with Crippen LogP contribution in [0.1, 0.15) is 34.2 Å². The number of thioether (sulfide) groups is 1. The fraction of sp³-hybridized carbons (Fsp3) is 0.286. The Balaban J connectivity index is 1.80. The van der Waals surface area contributed by atoms with Crippen LogP contribution < -0.4 is 0 Å². The summed E-state index contributed by atoms with van der Waals surface area (Å²) in [5.74, 6) is 1.50. The number of furan rings is 1. The molecule has 0 radical (unpaired) electrons. The molecule has 0 fully saturated rings. The second kappa shape index (κ2) is 4.70. The lowest BCUT2D eigenvalue weighted by molar-refractivity contribution is 0.0958. The lowest BCUT2D eigenvalue weighted by Gasteiger charge is -2.20. The molecule has 3 aromatic rings. The molecule has 0 saturated heterocycles. The van der Waals surface area contributed by atoms with Gasteiger partial charge in [-0.15, -0.1) is 5.10 Å². The van der Waals surface area contributed by atoms with Crippen molar-refractivity contribution in [3.8, 4) is 0 Å². The summed E-state index contributed by atoms with van der Waals surface area (Å²) in [6.07, 6.45) is 6.41. The van der Waals surface area contributed by atoms with Gasteiger partial charge in [0.1, 0.15) is 5.76 Å². The van der Waals surface area contributed by atoms with Gasteiger partial charge in [-0.05, 0) is 18.4 Å². The molecule has 0 aliphatic heterocycles. The second-order valence-electron chi connectivity index (χ2n) is 4.99. The standard InChI is InChI=1S/C14H12N4O2S/c1-21-14-16-13-15-10-5-8(12-3-2-4-20-12)6-11(19)9(10)7-18(13)17-14/h2-4,7-8H,5-6H2,1H3/t8-/m0/s1. The first kappa shape index (κ1) is 12.6. The van der Waals surface area contributed by atoms with Gasteiger partial charge in [-0.2, -0.15) is 4.98 Å². The van der Waals surface area contributed by atoms with Gasteiger partial charge in [-0.25, -0.2) is 9.50 Å². The molecule has 6 nitrogen and oxygen atoms in total. The lowest BCUT2D eigenvalue weighted by atomic mass is 9.85. The third-order valence-corrected chi connectivity index (χ3v) is 4.23. The average Bonchev–Trinajstić information content (AvgIpc) is 3.14. The van der Waals surface area contributed by atoms with Crippen LogP contribution in [0, 0.1) is 0 Å². The van der Waals surface area contributed by atoms with Gasteiger partial charge in [0.15, 0.2) is 5.78 Å². The summed E-state index contributed by atoms with van der Waals surface area (Å²) in [6.45, 7) is 0. The van der Waals surface area contributed by atoms with E-state index >= 15 is 0 Å². The molecule has 0 unspecified atom stereocenters. The summed E-state index contributed by atoms with van der Waals surface area (Å²) in [6, 6.07) is 3.75. The number of carbonyl (C=O) groups is 1. The fourth-order valence-corrected chi connectivity index (χ4v) is 3.02. The lowest BCUT2D eigenvalue weighted by Crippen LogP contribution is -2.21. The van der Waals surface area contributed by atoms with Crippen molar-refractivity contribution in [2.75, 3.05) is 6.26 Å². The number of aromatic nitrogens is 4. The molecule has 7 heteroatoms.